The smallest absolute Gasteiger partial charge is 0.349 e. The summed E-state index contributed by atoms with van der Waals surface area (Å²) < 4.78 is 21.0. The summed E-state index contributed by atoms with van der Waals surface area (Å²) in [4.78, 5) is 27.3. The number of halogens is 2. The van der Waals surface area contributed by atoms with Gasteiger partial charge in [0.2, 0.25) is 0 Å². The van der Waals surface area contributed by atoms with Crippen LogP contribution >= 0.6 is 22.6 Å². The van der Waals surface area contributed by atoms with Crippen LogP contribution in [0.5, 0.6) is 5.75 Å². The van der Waals surface area contributed by atoms with Gasteiger partial charge < -0.3 is 9.72 Å². The van der Waals surface area contributed by atoms with Crippen molar-refractivity contribution in [2.75, 3.05) is 0 Å². The van der Waals surface area contributed by atoms with E-state index < -0.39 is 11.2 Å². The van der Waals surface area contributed by atoms with E-state index in [4.69, 9.17) is 4.74 Å². The Hall–Kier alpha value is -3.27. The van der Waals surface area contributed by atoms with Gasteiger partial charge in [-0.3, -0.25) is 4.79 Å². The van der Waals surface area contributed by atoms with Gasteiger partial charge in [-0.15, -0.1) is 4.68 Å². The molecule has 1 N–H and O–H groups in total. The molecular weight excluding hydrogens is 500 g/mol. The number of nitrogens with one attached hydrogen (secondary N) is 1. The molecule has 0 fully saturated rings. The molecule has 6 nitrogen and oxygen atoms in total. The molecule has 0 atom stereocenters. The summed E-state index contributed by atoms with van der Waals surface area (Å²) in [7, 11) is 0. The SMILES string of the molecule is O=c1[nH]c2ccccc2c(=O)n1N=Cc1ccc(OCc2ccccc2F)c(I)c1. The first-order valence-electron chi connectivity index (χ1n) is 8.97. The lowest BCUT2D eigenvalue weighted by Crippen LogP contribution is -2.32. The Morgan fingerprint density at radius 3 is 2.63 bits per heavy atom. The Balaban J connectivity index is 1.56. The molecule has 0 saturated carbocycles. The first-order valence-corrected chi connectivity index (χ1v) is 10.0. The summed E-state index contributed by atoms with van der Waals surface area (Å²) in [6.45, 7) is 0.109. The normalized spacial score (nSPS) is 11.3. The summed E-state index contributed by atoms with van der Waals surface area (Å²) >= 11 is 2.10. The van der Waals surface area contributed by atoms with Crippen LogP contribution in [-0.4, -0.2) is 15.9 Å². The predicted octanol–water partition coefficient (Wildman–Crippen LogP) is 3.89. The third-order valence-corrected chi connectivity index (χ3v) is 5.25. The molecule has 0 spiro atoms. The predicted molar refractivity (Wildman–Crippen MR) is 122 cm³/mol. The van der Waals surface area contributed by atoms with Crippen molar-refractivity contribution < 1.29 is 9.13 Å². The van der Waals surface area contributed by atoms with Gasteiger partial charge in [-0.2, -0.15) is 5.10 Å². The fraction of sp³-hybridized carbons (Fsp3) is 0.0455. The van der Waals surface area contributed by atoms with Gasteiger partial charge in [0.15, 0.2) is 0 Å². The van der Waals surface area contributed by atoms with Crippen LogP contribution in [-0.2, 0) is 6.61 Å². The Morgan fingerprint density at radius 2 is 1.83 bits per heavy atom. The van der Waals surface area contributed by atoms with Gasteiger partial charge >= 0.3 is 5.69 Å². The quantitative estimate of drug-likeness (QED) is 0.324. The minimum Gasteiger partial charge on any atom is -0.488 e. The van der Waals surface area contributed by atoms with Crippen LogP contribution in [0.1, 0.15) is 11.1 Å². The van der Waals surface area contributed by atoms with Gasteiger partial charge in [0.25, 0.3) is 5.56 Å². The van der Waals surface area contributed by atoms with E-state index >= 15 is 0 Å². The van der Waals surface area contributed by atoms with E-state index in [2.05, 4.69) is 32.7 Å². The van der Waals surface area contributed by atoms with Crippen LogP contribution in [0, 0.1) is 9.39 Å². The highest BCUT2D eigenvalue weighted by atomic mass is 127. The summed E-state index contributed by atoms with van der Waals surface area (Å²) in [6, 6.07) is 18.5. The van der Waals surface area contributed by atoms with Gasteiger partial charge in [0.1, 0.15) is 18.2 Å². The zero-order chi connectivity index (χ0) is 21.1. The van der Waals surface area contributed by atoms with Crippen LogP contribution in [0.4, 0.5) is 4.39 Å². The van der Waals surface area contributed by atoms with E-state index in [0.717, 1.165) is 8.25 Å². The van der Waals surface area contributed by atoms with E-state index in [1.54, 1.807) is 60.7 Å². The van der Waals surface area contributed by atoms with E-state index in [1.165, 1.54) is 12.3 Å². The third kappa shape index (κ3) is 4.18. The Bertz CT molecular complexity index is 1380. The van der Waals surface area contributed by atoms with Crippen molar-refractivity contribution >= 4 is 39.7 Å². The molecule has 0 aliphatic rings. The lowest BCUT2D eigenvalue weighted by Gasteiger charge is -2.09. The molecule has 8 heteroatoms. The summed E-state index contributed by atoms with van der Waals surface area (Å²) in [5.41, 5.74) is 0.496. The monoisotopic (exact) mass is 515 g/mol. The fourth-order valence-corrected chi connectivity index (χ4v) is 3.56. The Kier molecular flexibility index (Phi) is 5.75. The number of hydrogen-bond donors (Lipinski definition) is 1. The highest BCUT2D eigenvalue weighted by molar-refractivity contribution is 14.1. The minimum absolute atomic E-state index is 0.109. The Morgan fingerprint density at radius 1 is 1.07 bits per heavy atom. The second kappa shape index (κ2) is 8.62. The van der Waals surface area contributed by atoms with Crippen LogP contribution in [0.25, 0.3) is 10.9 Å². The number of aromatic amines is 1. The van der Waals surface area contributed by atoms with Crippen LogP contribution in [0.3, 0.4) is 0 Å². The van der Waals surface area contributed by atoms with Crippen molar-refractivity contribution in [3.05, 3.63) is 108 Å². The molecule has 3 aromatic carbocycles. The Labute approximate surface area is 183 Å². The first-order chi connectivity index (χ1) is 14.5. The van der Waals surface area contributed by atoms with Gasteiger partial charge in [-0.25, -0.2) is 9.18 Å². The number of hydrogen-bond acceptors (Lipinski definition) is 4. The third-order valence-electron chi connectivity index (χ3n) is 4.40. The number of aromatic nitrogens is 2. The molecule has 150 valence electrons. The molecule has 0 radical (unpaired) electrons. The average molecular weight is 515 g/mol. The summed E-state index contributed by atoms with van der Waals surface area (Å²) in [5.74, 6) is 0.277. The van der Waals surface area contributed by atoms with Crippen molar-refractivity contribution in [3.8, 4) is 5.75 Å². The van der Waals surface area contributed by atoms with E-state index in [9.17, 15) is 14.0 Å². The summed E-state index contributed by atoms with van der Waals surface area (Å²) in [5, 5.41) is 4.42. The second-order valence-electron chi connectivity index (χ2n) is 6.41. The fourth-order valence-electron chi connectivity index (χ4n) is 2.87. The molecule has 0 aliphatic carbocycles. The lowest BCUT2D eigenvalue weighted by atomic mass is 10.2. The van der Waals surface area contributed by atoms with Gasteiger partial charge in [-0.1, -0.05) is 30.3 Å². The zero-order valence-electron chi connectivity index (χ0n) is 15.5. The highest BCUT2D eigenvalue weighted by Crippen LogP contribution is 2.23. The van der Waals surface area contributed by atoms with E-state index in [0.29, 0.717) is 27.8 Å². The molecule has 0 bridgehead atoms. The molecule has 0 amide bonds. The average Bonchev–Trinajstić information content (AvgIpc) is 2.74. The maximum atomic E-state index is 13.7. The van der Waals surface area contributed by atoms with Gasteiger partial charge in [-0.05, 0) is 64.6 Å². The topological polar surface area (TPSA) is 76.5 Å². The van der Waals surface area contributed by atoms with Crippen LogP contribution < -0.4 is 16.0 Å². The molecule has 1 heterocycles. The lowest BCUT2D eigenvalue weighted by molar-refractivity contribution is 0.297. The van der Waals surface area contributed by atoms with E-state index in [1.807, 2.05) is 0 Å². The maximum absolute atomic E-state index is 13.7. The standard InChI is InChI=1S/C22H15FIN3O3/c23-17-7-3-1-5-15(17)13-30-20-10-9-14(11-18(20)24)12-25-27-21(28)16-6-2-4-8-19(16)26-22(27)29/h1-12H,13H2,(H,26,29). The molecule has 0 aliphatic heterocycles. The number of rotatable bonds is 5. The van der Waals surface area contributed by atoms with Crippen molar-refractivity contribution in [3.63, 3.8) is 0 Å². The molecule has 0 saturated heterocycles. The summed E-state index contributed by atoms with van der Waals surface area (Å²) in [6.07, 6.45) is 1.42. The van der Waals surface area contributed by atoms with Crippen molar-refractivity contribution in [1.82, 2.24) is 9.66 Å². The number of H-pyrrole nitrogens is 1. The number of para-hydroxylation sites is 1. The number of fused-ring (bicyclic) bond motifs is 1. The minimum atomic E-state index is -0.616. The number of nitrogens with zero attached hydrogens (tertiary/aromatic N) is 2. The zero-order valence-corrected chi connectivity index (χ0v) is 17.7. The number of benzene rings is 3. The molecular formula is C22H15FIN3O3. The highest BCUT2D eigenvalue weighted by Gasteiger charge is 2.07. The molecule has 4 aromatic rings. The first kappa shape index (κ1) is 20.0. The van der Waals surface area contributed by atoms with Gasteiger partial charge in [0.05, 0.1) is 20.7 Å². The van der Waals surface area contributed by atoms with Crippen molar-refractivity contribution in [1.29, 1.82) is 0 Å². The molecule has 30 heavy (non-hydrogen) atoms. The number of ether oxygens (including phenoxy) is 1. The largest absolute Gasteiger partial charge is 0.488 e. The molecule has 4 rings (SSSR count). The van der Waals surface area contributed by atoms with Crippen LogP contribution in [0.2, 0.25) is 0 Å². The van der Waals surface area contributed by atoms with Crippen LogP contribution in [0.15, 0.2) is 81.4 Å². The van der Waals surface area contributed by atoms with Gasteiger partial charge in [0, 0.05) is 5.56 Å². The van der Waals surface area contributed by atoms with Crippen molar-refractivity contribution in [2.45, 2.75) is 6.61 Å². The molecule has 1 aromatic heterocycles. The maximum Gasteiger partial charge on any atom is 0.349 e. The second-order valence-corrected chi connectivity index (χ2v) is 7.57. The molecule has 0 unspecified atom stereocenters. The van der Waals surface area contributed by atoms with Crippen molar-refractivity contribution in [2.24, 2.45) is 5.10 Å². The van der Waals surface area contributed by atoms with E-state index in [-0.39, 0.29) is 12.4 Å².